The molecule has 0 saturated carbocycles. The Morgan fingerprint density at radius 2 is 1.58 bits per heavy atom. The Hall–Kier alpha value is -0.170. The first-order valence-corrected chi connectivity index (χ1v) is 4.78. The Balaban J connectivity index is 2.60. The average molecular weight is 282 g/mol. The maximum atomic E-state index is 11.2. The van der Waals surface area contributed by atoms with Crippen LogP contribution in [0.1, 0.15) is 12.8 Å². The minimum atomic E-state index is -0.0906. The van der Waals surface area contributed by atoms with Gasteiger partial charge in [0.05, 0.1) is 22.9 Å². The molecule has 1 saturated heterocycles. The van der Waals surface area contributed by atoms with E-state index in [1.807, 2.05) is 11.9 Å². The van der Waals surface area contributed by atoms with Gasteiger partial charge in [-0.05, 0) is 7.05 Å². The number of hydrogen-bond donors (Lipinski definition) is 0. The predicted molar refractivity (Wildman–Crippen MR) is 52.6 cm³/mol. The van der Waals surface area contributed by atoms with Crippen LogP contribution in [0.25, 0.3) is 0 Å². The zero-order valence-electron chi connectivity index (χ0n) is 6.92. The van der Waals surface area contributed by atoms with E-state index in [0.29, 0.717) is 12.8 Å². The molecular formula is C7H11IN2O2. The molecule has 0 radical (unpaired) electrons. The molecular weight excluding hydrogens is 271 g/mol. The van der Waals surface area contributed by atoms with Gasteiger partial charge in [-0.2, -0.15) is 0 Å². The van der Waals surface area contributed by atoms with Crippen LogP contribution >= 0.6 is 22.9 Å². The molecule has 1 fully saturated rings. The molecule has 68 valence electrons. The molecule has 0 aromatic rings. The van der Waals surface area contributed by atoms with Crippen molar-refractivity contribution in [2.45, 2.75) is 12.8 Å². The Kier molecular flexibility index (Phi) is 3.45. The highest BCUT2D eigenvalue weighted by atomic mass is 127. The van der Waals surface area contributed by atoms with E-state index in [1.165, 1.54) is 3.11 Å². The zero-order chi connectivity index (χ0) is 9.14. The Labute approximate surface area is 85.4 Å². The number of imide groups is 1. The van der Waals surface area contributed by atoms with Crippen molar-refractivity contribution in [1.29, 1.82) is 0 Å². The summed E-state index contributed by atoms with van der Waals surface area (Å²) >= 11 is 1.77. The van der Waals surface area contributed by atoms with Crippen LogP contribution in [0.15, 0.2) is 0 Å². The molecule has 12 heavy (non-hydrogen) atoms. The van der Waals surface area contributed by atoms with Crippen LogP contribution in [-0.4, -0.2) is 40.0 Å². The lowest BCUT2D eigenvalue weighted by Gasteiger charge is -2.22. The van der Waals surface area contributed by atoms with E-state index in [4.69, 9.17) is 0 Å². The first-order chi connectivity index (χ1) is 5.61. The van der Waals surface area contributed by atoms with Crippen LogP contribution in [-0.2, 0) is 9.59 Å². The lowest BCUT2D eigenvalue weighted by molar-refractivity contribution is -0.137. The van der Waals surface area contributed by atoms with Crippen LogP contribution in [0.4, 0.5) is 0 Å². The average Bonchev–Trinajstić information content (AvgIpc) is 2.07. The zero-order valence-corrected chi connectivity index (χ0v) is 9.07. The van der Waals surface area contributed by atoms with Gasteiger partial charge < -0.3 is 4.90 Å². The molecule has 0 N–H and O–H groups in total. The number of rotatable bonds is 0. The van der Waals surface area contributed by atoms with Crippen molar-refractivity contribution >= 4 is 34.7 Å². The number of halogens is 1. The first kappa shape index (κ1) is 9.91. The van der Waals surface area contributed by atoms with E-state index < -0.39 is 0 Å². The molecule has 0 spiro atoms. The summed E-state index contributed by atoms with van der Waals surface area (Å²) in [5.41, 5.74) is 0. The molecule has 0 aliphatic carbocycles. The monoisotopic (exact) mass is 282 g/mol. The molecule has 0 unspecified atom stereocenters. The van der Waals surface area contributed by atoms with E-state index in [0.717, 1.165) is 13.1 Å². The molecule has 2 amide bonds. The van der Waals surface area contributed by atoms with E-state index in [9.17, 15) is 9.59 Å². The standard InChI is InChI=1S/C7H11IN2O2/c1-9-4-2-6(11)10(8)7(12)3-5-9/h2-5H2,1H3. The van der Waals surface area contributed by atoms with Gasteiger partial charge in [0.25, 0.3) is 0 Å². The molecule has 0 aromatic heterocycles. The summed E-state index contributed by atoms with van der Waals surface area (Å²) in [7, 11) is 1.92. The Morgan fingerprint density at radius 1 is 1.17 bits per heavy atom. The summed E-state index contributed by atoms with van der Waals surface area (Å²) in [4.78, 5) is 24.4. The smallest absolute Gasteiger partial charge is 0.239 e. The van der Waals surface area contributed by atoms with Gasteiger partial charge in [0.2, 0.25) is 11.8 Å². The fourth-order valence-electron chi connectivity index (χ4n) is 1.02. The second kappa shape index (κ2) is 4.18. The number of carbonyl (C=O) groups excluding carboxylic acids is 2. The van der Waals surface area contributed by atoms with Crippen molar-refractivity contribution in [3.63, 3.8) is 0 Å². The van der Waals surface area contributed by atoms with Gasteiger partial charge in [-0.15, -0.1) is 0 Å². The quantitative estimate of drug-likeness (QED) is 0.367. The lowest BCUT2D eigenvalue weighted by Crippen LogP contribution is -2.37. The summed E-state index contributed by atoms with van der Waals surface area (Å²) in [6.45, 7) is 1.48. The van der Waals surface area contributed by atoms with Crippen LogP contribution < -0.4 is 0 Å². The molecule has 4 nitrogen and oxygen atoms in total. The third kappa shape index (κ3) is 2.41. The highest BCUT2D eigenvalue weighted by Gasteiger charge is 2.21. The summed E-state index contributed by atoms with van der Waals surface area (Å²) in [6, 6.07) is 0. The van der Waals surface area contributed by atoms with Gasteiger partial charge in [-0.3, -0.25) is 9.59 Å². The van der Waals surface area contributed by atoms with Crippen LogP contribution in [0.2, 0.25) is 0 Å². The van der Waals surface area contributed by atoms with E-state index in [2.05, 4.69) is 0 Å². The highest BCUT2D eigenvalue weighted by molar-refractivity contribution is 14.1. The molecule has 1 aliphatic rings. The largest absolute Gasteiger partial charge is 0.305 e. The predicted octanol–water partition coefficient (Wildman–Crippen LogP) is 0.417. The van der Waals surface area contributed by atoms with Crippen molar-refractivity contribution in [3.8, 4) is 0 Å². The fraction of sp³-hybridized carbons (Fsp3) is 0.714. The molecule has 1 rings (SSSR count). The normalized spacial score (nSPS) is 22.3. The summed E-state index contributed by atoms with van der Waals surface area (Å²) in [5, 5.41) is 0. The number of carbonyl (C=O) groups is 2. The van der Waals surface area contributed by atoms with E-state index >= 15 is 0 Å². The van der Waals surface area contributed by atoms with Crippen LogP contribution in [0.5, 0.6) is 0 Å². The van der Waals surface area contributed by atoms with Gasteiger partial charge in [0, 0.05) is 25.9 Å². The highest BCUT2D eigenvalue weighted by Crippen LogP contribution is 2.09. The molecule has 0 aromatic carbocycles. The molecule has 0 atom stereocenters. The minimum Gasteiger partial charge on any atom is -0.305 e. The van der Waals surface area contributed by atoms with Crippen LogP contribution in [0.3, 0.4) is 0 Å². The summed E-state index contributed by atoms with van der Waals surface area (Å²) in [6.07, 6.45) is 0.871. The molecule has 5 heteroatoms. The number of amides is 2. The van der Waals surface area contributed by atoms with Gasteiger partial charge in [-0.25, -0.2) is 3.11 Å². The summed E-state index contributed by atoms with van der Waals surface area (Å²) in [5.74, 6) is -0.181. The van der Waals surface area contributed by atoms with Crippen LogP contribution in [0, 0.1) is 0 Å². The van der Waals surface area contributed by atoms with Gasteiger partial charge in [-0.1, -0.05) is 0 Å². The van der Waals surface area contributed by atoms with Gasteiger partial charge >= 0.3 is 0 Å². The van der Waals surface area contributed by atoms with Crippen molar-refractivity contribution in [3.05, 3.63) is 0 Å². The van der Waals surface area contributed by atoms with Crippen molar-refractivity contribution < 1.29 is 9.59 Å². The lowest BCUT2D eigenvalue weighted by atomic mass is 10.3. The summed E-state index contributed by atoms with van der Waals surface area (Å²) < 4.78 is 1.20. The van der Waals surface area contributed by atoms with E-state index in [1.54, 1.807) is 22.9 Å². The van der Waals surface area contributed by atoms with Gasteiger partial charge in [0.15, 0.2) is 0 Å². The molecule has 1 aliphatic heterocycles. The Morgan fingerprint density at radius 3 is 2.00 bits per heavy atom. The van der Waals surface area contributed by atoms with Crippen molar-refractivity contribution in [2.24, 2.45) is 0 Å². The third-order valence-corrected chi connectivity index (χ3v) is 2.93. The number of nitrogens with zero attached hydrogens (tertiary/aromatic N) is 2. The van der Waals surface area contributed by atoms with E-state index in [-0.39, 0.29) is 11.8 Å². The second-order valence-corrected chi connectivity index (χ2v) is 3.84. The third-order valence-electron chi connectivity index (χ3n) is 1.85. The molecule has 0 bridgehead atoms. The first-order valence-electron chi connectivity index (χ1n) is 3.81. The molecule has 1 heterocycles. The van der Waals surface area contributed by atoms with Crippen molar-refractivity contribution in [2.75, 3.05) is 20.1 Å². The number of hydrogen-bond acceptors (Lipinski definition) is 3. The van der Waals surface area contributed by atoms with Crippen molar-refractivity contribution in [1.82, 2.24) is 8.01 Å². The SMILES string of the molecule is CN1CCC(=O)N(I)C(=O)CC1. The maximum Gasteiger partial charge on any atom is 0.239 e. The maximum absolute atomic E-state index is 11.2. The fourth-order valence-corrected chi connectivity index (χ4v) is 1.50. The topological polar surface area (TPSA) is 40.6 Å². The second-order valence-electron chi connectivity index (χ2n) is 2.87. The minimum absolute atomic E-state index is 0.0906. The Bertz CT molecular complexity index is 188. The van der Waals surface area contributed by atoms with Gasteiger partial charge in [0.1, 0.15) is 0 Å².